The Labute approximate surface area is 169 Å². The highest BCUT2D eigenvalue weighted by molar-refractivity contribution is 7.86. The Morgan fingerprint density at radius 1 is 0.593 bits per heavy atom. The second kappa shape index (κ2) is 20.6. The van der Waals surface area contributed by atoms with Crippen LogP contribution < -0.4 is 0 Å². The first-order chi connectivity index (χ1) is 13.1. The summed E-state index contributed by atoms with van der Waals surface area (Å²) in [6.45, 7) is 2.15. The minimum atomic E-state index is -3.50. The first-order valence-corrected chi connectivity index (χ1v) is 13.2. The molecule has 0 spiro atoms. The van der Waals surface area contributed by atoms with Gasteiger partial charge in [0.15, 0.2) is 0 Å². The fourth-order valence-electron chi connectivity index (χ4n) is 3.36. The van der Waals surface area contributed by atoms with Crippen LogP contribution in [0.1, 0.15) is 122 Å². The summed E-state index contributed by atoms with van der Waals surface area (Å²) < 4.78 is 27.3. The molecule has 0 saturated carbocycles. The highest BCUT2D eigenvalue weighted by Gasteiger charge is 2.09. The Morgan fingerprint density at radius 3 is 1.26 bits per heavy atom. The van der Waals surface area contributed by atoms with Gasteiger partial charge in [-0.15, -0.1) is 0 Å². The van der Waals surface area contributed by atoms with Gasteiger partial charge >= 0.3 is 0 Å². The Bertz CT molecular complexity index is 382. The monoisotopic (exact) mass is 406 g/mol. The minimum absolute atomic E-state index is 0.251. The largest absolute Gasteiger partial charge is 0.395 e. The summed E-state index contributed by atoms with van der Waals surface area (Å²) >= 11 is 0. The van der Waals surface area contributed by atoms with Crippen molar-refractivity contribution in [3.8, 4) is 0 Å². The van der Waals surface area contributed by atoms with Crippen molar-refractivity contribution in [2.45, 2.75) is 122 Å². The number of unbranched alkanes of at least 4 members (excludes halogenated alkanes) is 17. The van der Waals surface area contributed by atoms with Gasteiger partial charge in [-0.2, -0.15) is 8.42 Å². The van der Waals surface area contributed by atoms with E-state index < -0.39 is 10.1 Å². The average Bonchev–Trinajstić information content (AvgIpc) is 2.63. The lowest BCUT2D eigenvalue weighted by atomic mass is 10.0. The number of hydrogen-bond acceptors (Lipinski definition) is 4. The van der Waals surface area contributed by atoms with Crippen LogP contribution in [0.3, 0.4) is 0 Å². The molecule has 0 heterocycles. The van der Waals surface area contributed by atoms with Crippen molar-refractivity contribution in [2.75, 3.05) is 19.0 Å². The van der Waals surface area contributed by atoms with E-state index in [4.69, 9.17) is 9.29 Å². The number of aliphatic hydroxyl groups excluding tert-OH is 1. The SMILES string of the molecule is CCCCCCCCCCCCCCCCCCCCOS(=O)(=O)CCO. The molecule has 0 aliphatic heterocycles. The Morgan fingerprint density at radius 2 is 0.926 bits per heavy atom. The highest BCUT2D eigenvalue weighted by atomic mass is 32.2. The maximum Gasteiger partial charge on any atom is 0.269 e. The van der Waals surface area contributed by atoms with Crippen LogP contribution >= 0.6 is 0 Å². The van der Waals surface area contributed by atoms with E-state index >= 15 is 0 Å². The quantitative estimate of drug-likeness (QED) is 0.168. The molecular formula is C22H46O4S. The van der Waals surface area contributed by atoms with Crippen molar-refractivity contribution in [1.82, 2.24) is 0 Å². The van der Waals surface area contributed by atoms with Crippen molar-refractivity contribution < 1.29 is 17.7 Å². The normalized spacial score (nSPS) is 11.9. The van der Waals surface area contributed by atoms with Gasteiger partial charge in [0.1, 0.15) is 0 Å². The summed E-state index contributed by atoms with van der Waals surface area (Å²) in [4.78, 5) is 0. The van der Waals surface area contributed by atoms with E-state index in [-0.39, 0.29) is 19.0 Å². The molecule has 164 valence electrons. The van der Waals surface area contributed by atoms with Crippen LogP contribution in [-0.4, -0.2) is 32.5 Å². The standard InChI is InChI=1S/C22H46O4S/c1-2-3-4-5-6-7-8-9-10-11-12-13-14-15-16-17-18-19-21-26-27(24,25)22-20-23/h23H,2-22H2,1H3. The summed E-state index contributed by atoms with van der Waals surface area (Å²) in [5.41, 5.74) is 0. The van der Waals surface area contributed by atoms with E-state index in [2.05, 4.69) is 6.92 Å². The molecule has 0 amide bonds. The first-order valence-electron chi connectivity index (χ1n) is 11.6. The highest BCUT2D eigenvalue weighted by Crippen LogP contribution is 2.14. The van der Waals surface area contributed by atoms with E-state index in [1.165, 1.54) is 96.3 Å². The van der Waals surface area contributed by atoms with Crippen molar-refractivity contribution in [3.63, 3.8) is 0 Å². The van der Waals surface area contributed by atoms with Gasteiger partial charge in [-0.25, -0.2) is 0 Å². The maximum atomic E-state index is 11.2. The predicted octanol–water partition coefficient (Wildman–Crippen LogP) is 6.37. The molecule has 0 aromatic rings. The fraction of sp³-hybridized carbons (Fsp3) is 1.00. The number of aliphatic hydroxyl groups is 1. The molecular weight excluding hydrogens is 360 g/mol. The van der Waals surface area contributed by atoms with E-state index in [0.717, 1.165) is 19.3 Å². The molecule has 0 unspecified atom stereocenters. The lowest BCUT2D eigenvalue weighted by Gasteiger charge is -2.05. The van der Waals surface area contributed by atoms with Crippen LogP contribution in [0.5, 0.6) is 0 Å². The third-order valence-electron chi connectivity index (χ3n) is 5.10. The van der Waals surface area contributed by atoms with Crippen molar-refractivity contribution >= 4 is 10.1 Å². The summed E-state index contributed by atoms with van der Waals surface area (Å²) in [6, 6.07) is 0. The average molecular weight is 407 g/mol. The van der Waals surface area contributed by atoms with Crippen molar-refractivity contribution in [3.05, 3.63) is 0 Å². The zero-order valence-corrected chi connectivity index (χ0v) is 18.7. The molecule has 5 heteroatoms. The maximum absolute atomic E-state index is 11.2. The molecule has 0 aliphatic carbocycles. The number of rotatable bonds is 22. The molecule has 1 N–H and O–H groups in total. The minimum Gasteiger partial charge on any atom is -0.395 e. The predicted molar refractivity (Wildman–Crippen MR) is 116 cm³/mol. The van der Waals surface area contributed by atoms with Crippen LogP contribution in [0.4, 0.5) is 0 Å². The van der Waals surface area contributed by atoms with Gasteiger partial charge in [0, 0.05) is 0 Å². The molecule has 0 saturated heterocycles. The van der Waals surface area contributed by atoms with Gasteiger partial charge in [-0.05, 0) is 6.42 Å². The smallest absolute Gasteiger partial charge is 0.269 e. The first kappa shape index (κ1) is 26.9. The van der Waals surface area contributed by atoms with Gasteiger partial charge in [-0.1, -0.05) is 116 Å². The van der Waals surface area contributed by atoms with Crippen LogP contribution in [-0.2, 0) is 14.3 Å². The zero-order chi connectivity index (χ0) is 20.1. The molecule has 0 atom stereocenters. The van der Waals surface area contributed by atoms with Crippen LogP contribution in [0.2, 0.25) is 0 Å². The zero-order valence-electron chi connectivity index (χ0n) is 17.9. The Balaban J connectivity index is 3.11. The summed E-state index contributed by atoms with van der Waals surface area (Å²) in [5.74, 6) is -0.300. The molecule has 0 bridgehead atoms. The van der Waals surface area contributed by atoms with Gasteiger partial charge in [0.05, 0.1) is 19.0 Å². The topological polar surface area (TPSA) is 63.6 Å². The van der Waals surface area contributed by atoms with Crippen LogP contribution in [0, 0.1) is 0 Å². The molecule has 0 rings (SSSR count). The van der Waals surface area contributed by atoms with Crippen molar-refractivity contribution in [1.29, 1.82) is 0 Å². The molecule has 0 aromatic carbocycles. The van der Waals surface area contributed by atoms with E-state index in [1.807, 2.05) is 0 Å². The molecule has 27 heavy (non-hydrogen) atoms. The fourth-order valence-corrected chi connectivity index (χ4v) is 4.07. The summed E-state index contributed by atoms with van der Waals surface area (Å²) in [7, 11) is -3.50. The molecule has 0 aliphatic rings. The van der Waals surface area contributed by atoms with E-state index in [9.17, 15) is 8.42 Å². The third-order valence-corrected chi connectivity index (χ3v) is 6.31. The summed E-state index contributed by atoms with van der Waals surface area (Å²) in [5, 5.41) is 8.60. The Hall–Kier alpha value is -0.130. The van der Waals surface area contributed by atoms with Crippen molar-refractivity contribution in [2.24, 2.45) is 0 Å². The van der Waals surface area contributed by atoms with Crippen LogP contribution in [0.15, 0.2) is 0 Å². The molecule has 4 nitrogen and oxygen atoms in total. The molecule has 0 radical (unpaired) electrons. The molecule has 0 fully saturated rings. The third kappa shape index (κ3) is 22.0. The van der Waals surface area contributed by atoms with Gasteiger partial charge in [-0.3, -0.25) is 4.18 Å². The lowest BCUT2D eigenvalue weighted by Crippen LogP contribution is -2.14. The molecule has 0 aromatic heterocycles. The van der Waals surface area contributed by atoms with Crippen LogP contribution in [0.25, 0.3) is 0 Å². The van der Waals surface area contributed by atoms with E-state index in [1.54, 1.807) is 0 Å². The van der Waals surface area contributed by atoms with Gasteiger partial charge in [0.2, 0.25) is 0 Å². The number of hydrogen-bond donors (Lipinski definition) is 1. The summed E-state index contributed by atoms with van der Waals surface area (Å²) in [6.07, 6.45) is 23.7. The van der Waals surface area contributed by atoms with E-state index in [0.29, 0.717) is 0 Å². The van der Waals surface area contributed by atoms with Gasteiger partial charge < -0.3 is 5.11 Å². The Kier molecular flexibility index (Phi) is 20.5. The second-order valence-corrected chi connectivity index (χ2v) is 9.58. The lowest BCUT2D eigenvalue weighted by molar-refractivity contribution is 0.285. The van der Waals surface area contributed by atoms with Gasteiger partial charge in [0.25, 0.3) is 10.1 Å². The second-order valence-electron chi connectivity index (χ2n) is 7.82.